The summed E-state index contributed by atoms with van der Waals surface area (Å²) in [5.74, 6) is 0.249. The summed E-state index contributed by atoms with van der Waals surface area (Å²) in [5, 5.41) is 0. The number of Topliss-reactive ketones (excluding diaryl/α,β-unsaturated/α-hetero) is 1. The van der Waals surface area contributed by atoms with Crippen LogP contribution in [0.2, 0.25) is 0 Å². The number of hydrogen-bond donors (Lipinski definition) is 0. The van der Waals surface area contributed by atoms with E-state index in [1.165, 1.54) is 0 Å². The summed E-state index contributed by atoms with van der Waals surface area (Å²) < 4.78 is 5.00. The molecule has 2 heteroatoms. The first kappa shape index (κ1) is 12.9. The smallest absolute Gasteiger partial charge is 0.166 e. The van der Waals surface area contributed by atoms with Crippen molar-refractivity contribution in [3.8, 4) is 0 Å². The van der Waals surface area contributed by atoms with Gasteiger partial charge in [-0.15, -0.1) is 0 Å². The van der Waals surface area contributed by atoms with Gasteiger partial charge in [-0.05, 0) is 31.9 Å². The lowest BCUT2D eigenvalue weighted by molar-refractivity contribution is 0.0893. The average Bonchev–Trinajstić information content (AvgIpc) is 2.28. The average molecular weight is 220 g/mol. The predicted octanol–water partition coefficient (Wildman–Crippen LogP) is 3.16. The molecule has 0 aliphatic heterocycles. The maximum Gasteiger partial charge on any atom is 0.166 e. The highest BCUT2D eigenvalue weighted by Crippen LogP contribution is 2.17. The Morgan fingerprint density at radius 2 is 2.06 bits per heavy atom. The minimum absolute atomic E-state index is 0.0282. The van der Waals surface area contributed by atoms with E-state index < -0.39 is 0 Å². The van der Waals surface area contributed by atoms with Gasteiger partial charge in [0.15, 0.2) is 5.78 Å². The summed E-state index contributed by atoms with van der Waals surface area (Å²) in [5.41, 5.74) is 3.04. The van der Waals surface area contributed by atoms with E-state index >= 15 is 0 Å². The van der Waals surface area contributed by atoms with Crippen LogP contribution in [0.1, 0.15) is 34.8 Å². The van der Waals surface area contributed by atoms with Gasteiger partial charge in [0.2, 0.25) is 0 Å². The van der Waals surface area contributed by atoms with Crippen LogP contribution in [0.4, 0.5) is 0 Å². The van der Waals surface area contributed by atoms with Gasteiger partial charge in [-0.2, -0.15) is 0 Å². The molecule has 0 heterocycles. The van der Waals surface area contributed by atoms with Crippen LogP contribution in [-0.2, 0) is 4.74 Å². The van der Waals surface area contributed by atoms with Crippen molar-refractivity contribution in [1.82, 2.24) is 0 Å². The maximum absolute atomic E-state index is 12.2. The highest BCUT2D eigenvalue weighted by Gasteiger charge is 2.16. The molecule has 1 unspecified atom stereocenters. The monoisotopic (exact) mass is 220 g/mol. The SMILES string of the molecule is COCCC(C)C(=O)c1cc(C)ccc1C. The van der Waals surface area contributed by atoms with E-state index in [0.717, 1.165) is 23.1 Å². The van der Waals surface area contributed by atoms with Gasteiger partial charge in [0.05, 0.1) is 0 Å². The fourth-order valence-electron chi connectivity index (χ4n) is 1.69. The summed E-state index contributed by atoms with van der Waals surface area (Å²) in [6, 6.07) is 6.01. The Kier molecular flexibility index (Phi) is 4.69. The number of hydrogen-bond acceptors (Lipinski definition) is 2. The zero-order chi connectivity index (χ0) is 12.1. The van der Waals surface area contributed by atoms with Gasteiger partial charge in [0.1, 0.15) is 0 Å². The van der Waals surface area contributed by atoms with E-state index in [2.05, 4.69) is 0 Å². The molecule has 0 aromatic heterocycles. The van der Waals surface area contributed by atoms with Gasteiger partial charge in [0.25, 0.3) is 0 Å². The lowest BCUT2D eigenvalue weighted by Gasteiger charge is -2.12. The minimum Gasteiger partial charge on any atom is -0.385 e. The summed E-state index contributed by atoms with van der Waals surface area (Å²) in [6.07, 6.45) is 0.780. The van der Waals surface area contributed by atoms with Crippen LogP contribution in [0.15, 0.2) is 18.2 Å². The van der Waals surface area contributed by atoms with Gasteiger partial charge < -0.3 is 4.74 Å². The third-order valence-corrected chi connectivity index (χ3v) is 2.86. The molecule has 0 fully saturated rings. The van der Waals surface area contributed by atoms with Gasteiger partial charge in [-0.3, -0.25) is 4.79 Å². The number of ether oxygens (including phenoxy) is 1. The molecule has 0 aliphatic rings. The molecule has 1 aromatic rings. The molecular weight excluding hydrogens is 200 g/mol. The Hall–Kier alpha value is -1.15. The van der Waals surface area contributed by atoms with Crippen LogP contribution in [0.3, 0.4) is 0 Å². The van der Waals surface area contributed by atoms with Crippen molar-refractivity contribution in [2.45, 2.75) is 27.2 Å². The quantitative estimate of drug-likeness (QED) is 0.712. The van der Waals surface area contributed by atoms with Gasteiger partial charge in [-0.1, -0.05) is 24.6 Å². The van der Waals surface area contributed by atoms with Gasteiger partial charge in [-0.25, -0.2) is 0 Å². The van der Waals surface area contributed by atoms with Crippen LogP contribution in [0.5, 0.6) is 0 Å². The van der Waals surface area contributed by atoms with Crippen molar-refractivity contribution in [2.75, 3.05) is 13.7 Å². The first-order valence-corrected chi connectivity index (χ1v) is 5.66. The Morgan fingerprint density at radius 3 is 2.69 bits per heavy atom. The Bertz CT molecular complexity index is 369. The fourth-order valence-corrected chi connectivity index (χ4v) is 1.69. The first-order chi connectivity index (χ1) is 7.56. The molecule has 1 atom stereocenters. The fraction of sp³-hybridized carbons (Fsp3) is 0.500. The van der Waals surface area contributed by atoms with Crippen LogP contribution >= 0.6 is 0 Å². The molecule has 1 rings (SSSR count). The minimum atomic E-state index is 0.0282. The number of aryl methyl sites for hydroxylation is 2. The van der Waals surface area contributed by atoms with Gasteiger partial charge in [0, 0.05) is 25.2 Å². The molecule has 0 saturated heterocycles. The molecule has 1 aromatic carbocycles. The van der Waals surface area contributed by atoms with Crippen molar-refractivity contribution >= 4 is 5.78 Å². The Morgan fingerprint density at radius 1 is 1.38 bits per heavy atom. The van der Waals surface area contributed by atoms with Crippen LogP contribution in [-0.4, -0.2) is 19.5 Å². The third-order valence-electron chi connectivity index (χ3n) is 2.86. The van der Waals surface area contributed by atoms with Crippen molar-refractivity contribution in [3.05, 3.63) is 34.9 Å². The van der Waals surface area contributed by atoms with E-state index in [0.29, 0.717) is 6.61 Å². The van der Waals surface area contributed by atoms with E-state index in [1.807, 2.05) is 39.0 Å². The second kappa shape index (κ2) is 5.80. The molecule has 0 spiro atoms. The standard InChI is InChI=1S/C14H20O2/c1-10-5-6-11(2)13(9-10)14(15)12(3)7-8-16-4/h5-6,9,12H,7-8H2,1-4H3. The van der Waals surface area contributed by atoms with E-state index in [-0.39, 0.29) is 11.7 Å². The lowest BCUT2D eigenvalue weighted by atomic mass is 9.93. The third kappa shape index (κ3) is 3.17. The number of methoxy groups -OCH3 is 1. The number of carbonyl (C=O) groups is 1. The molecular formula is C14H20O2. The summed E-state index contributed by atoms with van der Waals surface area (Å²) in [6.45, 7) is 6.59. The van der Waals surface area contributed by atoms with Gasteiger partial charge >= 0.3 is 0 Å². The first-order valence-electron chi connectivity index (χ1n) is 5.66. The topological polar surface area (TPSA) is 26.3 Å². The number of carbonyl (C=O) groups excluding carboxylic acids is 1. The second-order valence-corrected chi connectivity index (χ2v) is 4.37. The molecule has 0 amide bonds. The zero-order valence-electron chi connectivity index (χ0n) is 10.5. The number of benzene rings is 1. The largest absolute Gasteiger partial charge is 0.385 e. The maximum atomic E-state index is 12.2. The zero-order valence-corrected chi connectivity index (χ0v) is 10.5. The van der Waals surface area contributed by atoms with Crippen molar-refractivity contribution in [2.24, 2.45) is 5.92 Å². The normalized spacial score (nSPS) is 12.5. The summed E-state index contributed by atoms with van der Waals surface area (Å²) in [7, 11) is 1.66. The Balaban J connectivity index is 2.83. The number of ketones is 1. The van der Waals surface area contributed by atoms with E-state index in [1.54, 1.807) is 7.11 Å². The molecule has 0 N–H and O–H groups in total. The Labute approximate surface area is 97.6 Å². The highest BCUT2D eigenvalue weighted by molar-refractivity contribution is 5.99. The summed E-state index contributed by atoms with van der Waals surface area (Å²) >= 11 is 0. The molecule has 0 saturated carbocycles. The van der Waals surface area contributed by atoms with Crippen LogP contribution < -0.4 is 0 Å². The summed E-state index contributed by atoms with van der Waals surface area (Å²) in [4.78, 5) is 12.2. The van der Waals surface area contributed by atoms with Crippen LogP contribution in [0, 0.1) is 19.8 Å². The van der Waals surface area contributed by atoms with Crippen molar-refractivity contribution in [3.63, 3.8) is 0 Å². The molecule has 88 valence electrons. The predicted molar refractivity (Wildman–Crippen MR) is 65.9 cm³/mol. The molecule has 2 nitrogen and oxygen atoms in total. The highest BCUT2D eigenvalue weighted by atomic mass is 16.5. The molecule has 0 radical (unpaired) electrons. The van der Waals surface area contributed by atoms with Crippen LogP contribution in [0.25, 0.3) is 0 Å². The van der Waals surface area contributed by atoms with E-state index in [4.69, 9.17) is 4.74 Å². The molecule has 16 heavy (non-hydrogen) atoms. The van der Waals surface area contributed by atoms with Crippen molar-refractivity contribution < 1.29 is 9.53 Å². The van der Waals surface area contributed by atoms with Crippen molar-refractivity contribution in [1.29, 1.82) is 0 Å². The lowest BCUT2D eigenvalue weighted by Crippen LogP contribution is -2.14. The molecule has 0 bridgehead atoms. The van der Waals surface area contributed by atoms with E-state index in [9.17, 15) is 4.79 Å². The number of rotatable bonds is 5. The molecule has 0 aliphatic carbocycles. The second-order valence-electron chi connectivity index (χ2n) is 4.37.